The maximum atomic E-state index is 11.0. The number of carbonyl (C=O) groups is 2. The number of ether oxygens (including phenoxy) is 4. The van der Waals surface area contributed by atoms with Gasteiger partial charge in [-0.25, -0.2) is 9.59 Å². The van der Waals surface area contributed by atoms with Crippen LogP contribution in [0.5, 0.6) is 23.0 Å². The van der Waals surface area contributed by atoms with Gasteiger partial charge in [0.15, 0.2) is 0 Å². The fourth-order valence-electron chi connectivity index (χ4n) is 4.55. The Bertz CT molecular complexity index is 1600. The highest BCUT2D eigenvalue weighted by Crippen LogP contribution is 2.28. The van der Waals surface area contributed by atoms with E-state index >= 15 is 0 Å². The fourth-order valence-corrected chi connectivity index (χ4v) is 4.55. The standard InChI is InChI=1S/C39H46N2O8/c1-4-38(44)48-22-12-8-6-10-20-46-33-17-14-30(36(42)25-33)27-40-32-16-19-35(29(3)24-32)41-28-31-15-18-34(26-37(31)43)47-21-11-7-9-13-23-49-39(45)5-2/h4-5,14-19,24-28,42-43H,1-2,6-13,20-23H2,3H3. The lowest BCUT2D eigenvalue weighted by Gasteiger charge is -2.08. The Labute approximate surface area is 288 Å². The fraction of sp³-hybridized carbons (Fsp3) is 0.333. The van der Waals surface area contributed by atoms with Gasteiger partial charge in [-0.15, -0.1) is 0 Å². The van der Waals surface area contributed by atoms with E-state index in [0.717, 1.165) is 74.8 Å². The van der Waals surface area contributed by atoms with E-state index in [-0.39, 0.29) is 11.5 Å². The van der Waals surface area contributed by atoms with Crippen LogP contribution >= 0.6 is 0 Å². The zero-order valence-electron chi connectivity index (χ0n) is 28.1. The molecule has 0 bridgehead atoms. The minimum atomic E-state index is -0.401. The van der Waals surface area contributed by atoms with Crippen molar-refractivity contribution in [2.24, 2.45) is 9.98 Å². The van der Waals surface area contributed by atoms with Crippen molar-refractivity contribution in [1.29, 1.82) is 0 Å². The monoisotopic (exact) mass is 670 g/mol. The highest BCUT2D eigenvalue weighted by Gasteiger charge is 2.05. The van der Waals surface area contributed by atoms with Gasteiger partial charge in [0.1, 0.15) is 23.0 Å². The second-order valence-electron chi connectivity index (χ2n) is 11.2. The molecule has 3 aromatic carbocycles. The van der Waals surface area contributed by atoms with Gasteiger partial charge in [-0.3, -0.25) is 9.98 Å². The van der Waals surface area contributed by atoms with Gasteiger partial charge in [0.05, 0.1) is 37.8 Å². The first kappa shape index (κ1) is 38.1. The van der Waals surface area contributed by atoms with Crippen molar-refractivity contribution < 1.29 is 38.7 Å². The molecule has 49 heavy (non-hydrogen) atoms. The van der Waals surface area contributed by atoms with Crippen LogP contribution in [0.15, 0.2) is 89.9 Å². The molecule has 3 rings (SSSR count). The number of aryl methyl sites for hydroxylation is 1. The lowest BCUT2D eigenvalue weighted by atomic mass is 10.1. The van der Waals surface area contributed by atoms with Crippen LogP contribution in [0.3, 0.4) is 0 Å². The molecule has 2 N–H and O–H groups in total. The lowest BCUT2D eigenvalue weighted by Crippen LogP contribution is -2.02. The van der Waals surface area contributed by atoms with Crippen LogP contribution in [0.4, 0.5) is 11.4 Å². The molecular weight excluding hydrogens is 624 g/mol. The highest BCUT2D eigenvalue weighted by molar-refractivity contribution is 5.87. The molecule has 0 aromatic heterocycles. The van der Waals surface area contributed by atoms with Gasteiger partial charge in [0, 0.05) is 47.8 Å². The Balaban J connectivity index is 1.41. The Morgan fingerprint density at radius 1 is 0.633 bits per heavy atom. The topological polar surface area (TPSA) is 136 Å². The van der Waals surface area contributed by atoms with E-state index in [9.17, 15) is 19.8 Å². The van der Waals surface area contributed by atoms with Crippen molar-refractivity contribution in [2.45, 2.75) is 58.3 Å². The summed E-state index contributed by atoms with van der Waals surface area (Å²) in [7, 11) is 0. The van der Waals surface area contributed by atoms with E-state index in [1.165, 1.54) is 0 Å². The number of unbranched alkanes of at least 4 members (excludes halogenated alkanes) is 6. The molecule has 0 aliphatic rings. The van der Waals surface area contributed by atoms with Crippen molar-refractivity contribution in [2.75, 3.05) is 26.4 Å². The van der Waals surface area contributed by atoms with Crippen LogP contribution in [0.1, 0.15) is 68.1 Å². The molecule has 10 nitrogen and oxygen atoms in total. The van der Waals surface area contributed by atoms with Crippen molar-refractivity contribution in [1.82, 2.24) is 0 Å². The molecule has 0 amide bonds. The molecule has 10 heteroatoms. The molecule has 260 valence electrons. The number of esters is 2. The summed E-state index contributed by atoms with van der Waals surface area (Å²) >= 11 is 0. The predicted molar refractivity (Wildman–Crippen MR) is 192 cm³/mol. The second kappa shape index (κ2) is 21.5. The minimum absolute atomic E-state index is 0.0696. The molecule has 0 aliphatic heterocycles. The van der Waals surface area contributed by atoms with Crippen LogP contribution in [0, 0.1) is 6.92 Å². The van der Waals surface area contributed by atoms with Gasteiger partial charge in [0.2, 0.25) is 0 Å². The summed E-state index contributed by atoms with van der Waals surface area (Å²) in [5, 5.41) is 21.0. The normalized spacial score (nSPS) is 11.0. The maximum absolute atomic E-state index is 11.0. The number of hydrogen-bond acceptors (Lipinski definition) is 10. The van der Waals surface area contributed by atoms with E-state index in [2.05, 4.69) is 23.1 Å². The summed E-state index contributed by atoms with van der Waals surface area (Å²) in [5.41, 5.74) is 3.46. The zero-order chi connectivity index (χ0) is 35.3. The third kappa shape index (κ3) is 14.5. The Morgan fingerprint density at radius 3 is 1.55 bits per heavy atom. The van der Waals surface area contributed by atoms with Gasteiger partial charge < -0.3 is 29.2 Å². The third-order valence-corrected chi connectivity index (χ3v) is 7.32. The number of rotatable bonds is 22. The average Bonchev–Trinajstić information content (AvgIpc) is 3.10. The molecular formula is C39H46N2O8. The van der Waals surface area contributed by atoms with E-state index in [4.69, 9.17) is 18.9 Å². The van der Waals surface area contributed by atoms with E-state index in [1.807, 2.05) is 25.1 Å². The van der Waals surface area contributed by atoms with Gasteiger partial charge in [-0.05, 0) is 106 Å². The largest absolute Gasteiger partial charge is 0.507 e. The molecule has 0 saturated heterocycles. The van der Waals surface area contributed by atoms with Gasteiger partial charge >= 0.3 is 11.9 Å². The second-order valence-corrected chi connectivity index (χ2v) is 11.2. The number of carbonyl (C=O) groups excluding carboxylic acids is 2. The van der Waals surface area contributed by atoms with Crippen molar-refractivity contribution >= 4 is 35.7 Å². The summed E-state index contributed by atoms with van der Waals surface area (Å²) in [5.74, 6) is 0.496. The van der Waals surface area contributed by atoms with Crippen LogP contribution < -0.4 is 9.47 Å². The summed E-state index contributed by atoms with van der Waals surface area (Å²) in [4.78, 5) is 31.1. The molecule has 0 unspecified atom stereocenters. The number of benzene rings is 3. The van der Waals surface area contributed by atoms with Gasteiger partial charge in [-0.1, -0.05) is 13.2 Å². The van der Waals surface area contributed by atoms with Gasteiger partial charge in [0.25, 0.3) is 0 Å². The summed E-state index contributed by atoms with van der Waals surface area (Å²) in [6.07, 6.45) is 12.6. The van der Waals surface area contributed by atoms with E-state index < -0.39 is 11.9 Å². The summed E-state index contributed by atoms with van der Waals surface area (Å²) in [6, 6.07) is 15.8. The van der Waals surface area contributed by atoms with Crippen LogP contribution in [-0.2, 0) is 19.1 Å². The van der Waals surface area contributed by atoms with Crippen molar-refractivity contribution in [3.05, 3.63) is 96.6 Å². The third-order valence-electron chi connectivity index (χ3n) is 7.32. The summed E-state index contributed by atoms with van der Waals surface area (Å²) in [6.45, 7) is 10.5. The van der Waals surface area contributed by atoms with Gasteiger partial charge in [-0.2, -0.15) is 0 Å². The van der Waals surface area contributed by atoms with Crippen LogP contribution in [0.2, 0.25) is 0 Å². The van der Waals surface area contributed by atoms with E-state index in [1.54, 1.807) is 48.8 Å². The highest BCUT2D eigenvalue weighted by atomic mass is 16.5. The number of aromatic hydroxyl groups is 2. The first-order valence-electron chi connectivity index (χ1n) is 16.5. The SMILES string of the molecule is C=CC(=O)OCCCCCCOc1ccc(C=Nc2ccc(N=Cc3ccc(OCCCCCCOC(=O)C=C)cc3O)c(C)c2)c(O)c1. The molecule has 0 spiro atoms. The average molecular weight is 671 g/mol. The van der Waals surface area contributed by atoms with Crippen LogP contribution in [-0.4, -0.2) is 61.0 Å². The lowest BCUT2D eigenvalue weighted by molar-refractivity contribution is -0.138. The Hall–Kier alpha value is -5.38. The zero-order valence-corrected chi connectivity index (χ0v) is 28.1. The Morgan fingerprint density at radius 2 is 1.10 bits per heavy atom. The van der Waals surface area contributed by atoms with E-state index in [0.29, 0.717) is 54.7 Å². The number of phenolic OH excluding ortho intramolecular Hbond substituents is 2. The number of nitrogens with zero attached hydrogens (tertiary/aromatic N) is 2. The molecule has 3 aromatic rings. The molecule has 0 radical (unpaired) electrons. The first-order chi connectivity index (χ1) is 23.8. The molecule has 0 fully saturated rings. The number of hydrogen-bond donors (Lipinski definition) is 2. The summed E-state index contributed by atoms with van der Waals surface area (Å²) < 4.78 is 21.4. The Kier molecular flexibility index (Phi) is 16.7. The smallest absolute Gasteiger partial charge is 0.330 e. The molecule has 0 atom stereocenters. The number of phenols is 2. The predicted octanol–water partition coefficient (Wildman–Crippen LogP) is 8.24. The first-order valence-corrected chi connectivity index (χ1v) is 16.5. The molecule has 0 aliphatic carbocycles. The minimum Gasteiger partial charge on any atom is -0.507 e. The van der Waals surface area contributed by atoms with Crippen molar-refractivity contribution in [3.63, 3.8) is 0 Å². The quantitative estimate of drug-likeness (QED) is 0.0472. The number of aliphatic imine (C=N–C) groups is 2. The van der Waals surface area contributed by atoms with Crippen LogP contribution in [0.25, 0.3) is 0 Å². The molecule has 0 heterocycles. The molecule has 0 saturated carbocycles. The maximum Gasteiger partial charge on any atom is 0.330 e. The van der Waals surface area contributed by atoms with Crippen molar-refractivity contribution in [3.8, 4) is 23.0 Å².